The van der Waals surface area contributed by atoms with Gasteiger partial charge in [0.05, 0.1) is 0 Å². The van der Waals surface area contributed by atoms with Crippen LogP contribution in [0.25, 0.3) is 0 Å². The zero-order valence-electron chi connectivity index (χ0n) is 11.2. The van der Waals surface area contributed by atoms with E-state index in [-0.39, 0.29) is 0 Å². The Balaban J connectivity index is 1.89. The lowest BCUT2D eigenvalue weighted by Crippen LogP contribution is -2.26. The Morgan fingerprint density at radius 2 is 1.94 bits per heavy atom. The SMILES string of the molecule is CCCc1ccc(NC2CCCC(C)C2)cc1. The van der Waals surface area contributed by atoms with Gasteiger partial charge in [-0.25, -0.2) is 0 Å². The zero-order chi connectivity index (χ0) is 12.1. The number of hydrogen-bond acceptors (Lipinski definition) is 1. The predicted molar refractivity (Wildman–Crippen MR) is 75.5 cm³/mol. The van der Waals surface area contributed by atoms with Gasteiger partial charge >= 0.3 is 0 Å². The minimum absolute atomic E-state index is 0.691. The predicted octanol–water partition coefficient (Wildman–Crippen LogP) is 4.63. The van der Waals surface area contributed by atoms with Gasteiger partial charge in [0.1, 0.15) is 0 Å². The molecular weight excluding hydrogens is 206 g/mol. The fourth-order valence-electron chi connectivity index (χ4n) is 2.86. The molecule has 1 heteroatoms. The first kappa shape index (κ1) is 12.5. The molecule has 17 heavy (non-hydrogen) atoms. The highest BCUT2D eigenvalue weighted by atomic mass is 14.9. The average molecular weight is 231 g/mol. The molecule has 0 radical (unpaired) electrons. The maximum Gasteiger partial charge on any atom is 0.0342 e. The summed E-state index contributed by atoms with van der Waals surface area (Å²) in [5.41, 5.74) is 2.75. The number of aryl methyl sites for hydroxylation is 1. The maximum absolute atomic E-state index is 3.68. The van der Waals surface area contributed by atoms with E-state index in [9.17, 15) is 0 Å². The van der Waals surface area contributed by atoms with Crippen molar-refractivity contribution < 1.29 is 0 Å². The number of hydrogen-bond donors (Lipinski definition) is 1. The standard InChI is InChI=1S/C16H25N/c1-3-5-14-8-10-15(11-9-14)17-16-7-4-6-13(2)12-16/h8-11,13,16-17H,3-7,12H2,1-2H3. The highest BCUT2D eigenvalue weighted by Crippen LogP contribution is 2.26. The van der Waals surface area contributed by atoms with Crippen molar-refractivity contribution in [2.24, 2.45) is 5.92 Å². The molecule has 1 nitrogen and oxygen atoms in total. The molecule has 0 aromatic heterocycles. The topological polar surface area (TPSA) is 12.0 Å². The van der Waals surface area contributed by atoms with E-state index >= 15 is 0 Å². The van der Waals surface area contributed by atoms with Gasteiger partial charge in [0, 0.05) is 11.7 Å². The maximum atomic E-state index is 3.68. The molecule has 0 aliphatic heterocycles. The van der Waals surface area contributed by atoms with E-state index in [0.29, 0.717) is 6.04 Å². The van der Waals surface area contributed by atoms with E-state index in [1.54, 1.807) is 0 Å². The lowest BCUT2D eigenvalue weighted by atomic mass is 9.87. The monoisotopic (exact) mass is 231 g/mol. The molecule has 0 spiro atoms. The normalized spacial score (nSPS) is 24.6. The van der Waals surface area contributed by atoms with E-state index in [2.05, 4.69) is 43.4 Å². The Morgan fingerprint density at radius 1 is 1.18 bits per heavy atom. The molecule has 2 atom stereocenters. The molecule has 2 unspecified atom stereocenters. The van der Waals surface area contributed by atoms with Gasteiger partial charge in [-0.3, -0.25) is 0 Å². The fourth-order valence-corrected chi connectivity index (χ4v) is 2.86. The molecule has 0 heterocycles. The van der Waals surface area contributed by atoms with Crippen molar-refractivity contribution in [1.29, 1.82) is 0 Å². The van der Waals surface area contributed by atoms with E-state index in [1.165, 1.54) is 49.8 Å². The molecule has 1 aliphatic carbocycles. The first-order valence-electron chi connectivity index (χ1n) is 7.13. The van der Waals surface area contributed by atoms with Gasteiger partial charge in [0.2, 0.25) is 0 Å². The van der Waals surface area contributed by atoms with Gasteiger partial charge in [-0.15, -0.1) is 0 Å². The lowest BCUT2D eigenvalue weighted by molar-refractivity contribution is 0.358. The minimum Gasteiger partial charge on any atom is -0.382 e. The van der Waals surface area contributed by atoms with E-state index < -0.39 is 0 Å². The summed E-state index contributed by atoms with van der Waals surface area (Å²) in [5.74, 6) is 0.889. The summed E-state index contributed by atoms with van der Waals surface area (Å²) in [5, 5.41) is 3.68. The van der Waals surface area contributed by atoms with Gasteiger partial charge in [-0.2, -0.15) is 0 Å². The molecule has 2 rings (SSSR count). The van der Waals surface area contributed by atoms with Gasteiger partial charge in [0.25, 0.3) is 0 Å². The van der Waals surface area contributed by atoms with Crippen molar-refractivity contribution in [3.63, 3.8) is 0 Å². The lowest BCUT2D eigenvalue weighted by Gasteiger charge is -2.28. The average Bonchev–Trinajstić information content (AvgIpc) is 2.32. The Morgan fingerprint density at radius 3 is 2.59 bits per heavy atom. The van der Waals surface area contributed by atoms with Crippen molar-refractivity contribution in [3.05, 3.63) is 29.8 Å². The summed E-state index contributed by atoms with van der Waals surface area (Å²) in [4.78, 5) is 0. The summed E-state index contributed by atoms with van der Waals surface area (Å²) in [7, 11) is 0. The largest absolute Gasteiger partial charge is 0.382 e. The van der Waals surface area contributed by atoms with Gasteiger partial charge in [0.15, 0.2) is 0 Å². The molecule has 0 saturated heterocycles. The Labute approximate surface area is 106 Å². The van der Waals surface area contributed by atoms with Crippen LogP contribution in [0, 0.1) is 5.92 Å². The van der Waals surface area contributed by atoms with Crippen LogP contribution in [-0.4, -0.2) is 6.04 Å². The highest BCUT2D eigenvalue weighted by molar-refractivity contribution is 5.45. The fraction of sp³-hybridized carbons (Fsp3) is 0.625. The highest BCUT2D eigenvalue weighted by Gasteiger charge is 2.18. The molecule has 94 valence electrons. The number of rotatable bonds is 4. The van der Waals surface area contributed by atoms with Crippen LogP contribution in [0.15, 0.2) is 24.3 Å². The van der Waals surface area contributed by atoms with Crippen LogP contribution >= 0.6 is 0 Å². The number of anilines is 1. The quantitative estimate of drug-likeness (QED) is 0.796. The molecule has 1 saturated carbocycles. The zero-order valence-corrected chi connectivity index (χ0v) is 11.2. The van der Waals surface area contributed by atoms with Crippen molar-refractivity contribution in [2.45, 2.75) is 58.4 Å². The number of nitrogens with one attached hydrogen (secondary N) is 1. The van der Waals surface area contributed by atoms with Crippen molar-refractivity contribution in [2.75, 3.05) is 5.32 Å². The molecule has 0 amide bonds. The summed E-state index contributed by atoms with van der Waals surface area (Å²) < 4.78 is 0. The van der Waals surface area contributed by atoms with Crippen LogP contribution in [0.2, 0.25) is 0 Å². The molecule has 1 fully saturated rings. The van der Waals surface area contributed by atoms with Crippen LogP contribution in [0.3, 0.4) is 0 Å². The van der Waals surface area contributed by atoms with Crippen LogP contribution in [-0.2, 0) is 6.42 Å². The third-order valence-corrected chi connectivity index (χ3v) is 3.80. The molecule has 0 bridgehead atoms. The van der Waals surface area contributed by atoms with Gasteiger partial charge in [-0.1, -0.05) is 45.2 Å². The third-order valence-electron chi connectivity index (χ3n) is 3.80. The van der Waals surface area contributed by atoms with E-state index in [4.69, 9.17) is 0 Å². The second kappa shape index (κ2) is 6.09. The molecule has 1 N–H and O–H groups in total. The van der Waals surface area contributed by atoms with Crippen LogP contribution in [0.1, 0.15) is 51.5 Å². The number of benzene rings is 1. The summed E-state index contributed by atoms with van der Waals surface area (Å²) in [6, 6.07) is 9.70. The van der Waals surface area contributed by atoms with Gasteiger partial charge < -0.3 is 5.32 Å². The van der Waals surface area contributed by atoms with E-state index in [1.807, 2.05) is 0 Å². The minimum atomic E-state index is 0.691. The van der Waals surface area contributed by atoms with Crippen molar-refractivity contribution in [3.8, 4) is 0 Å². The first-order chi connectivity index (χ1) is 8.28. The van der Waals surface area contributed by atoms with Gasteiger partial charge in [-0.05, 0) is 42.9 Å². The third kappa shape index (κ3) is 3.76. The van der Waals surface area contributed by atoms with Crippen LogP contribution < -0.4 is 5.32 Å². The summed E-state index contributed by atoms with van der Waals surface area (Å²) in [6.45, 7) is 4.60. The second-order valence-corrected chi connectivity index (χ2v) is 5.56. The molecule has 1 aromatic rings. The Kier molecular flexibility index (Phi) is 4.47. The smallest absolute Gasteiger partial charge is 0.0342 e. The van der Waals surface area contributed by atoms with Crippen LogP contribution in [0.4, 0.5) is 5.69 Å². The van der Waals surface area contributed by atoms with Crippen LogP contribution in [0.5, 0.6) is 0 Å². The Bertz CT molecular complexity index is 328. The Hall–Kier alpha value is -0.980. The summed E-state index contributed by atoms with van der Waals surface area (Å²) >= 11 is 0. The summed E-state index contributed by atoms with van der Waals surface area (Å²) in [6.07, 6.45) is 7.88. The van der Waals surface area contributed by atoms with E-state index in [0.717, 1.165) is 5.92 Å². The van der Waals surface area contributed by atoms with Crippen molar-refractivity contribution >= 4 is 5.69 Å². The first-order valence-corrected chi connectivity index (χ1v) is 7.13. The molecule has 1 aromatic carbocycles. The second-order valence-electron chi connectivity index (χ2n) is 5.56. The molecular formula is C16H25N. The molecule has 1 aliphatic rings. The van der Waals surface area contributed by atoms with Crippen molar-refractivity contribution in [1.82, 2.24) is 0 Å².